The van der Waals surface area contributed by atoms with E-state index in [2.05, 4.69) is 10.2 Å². The van der Waals surface area contributed by atoms with E-state index in [1.807, 2.05) is 4.90 Å². The Morgan fingerprint density at radius 1 is 1.47 bits per heavy atom. The molecule has 6 heteroatoms. The lowest BCUT2D eigenvalue weighted by Crippen LogP contribution is -2.42. The van der Waals surface area contributed by atoms with E-state index < -0.39 is 0 Å². The van der Waals surface area contributed by atoms with Crippen LogP contribution in [-0.4, -0.2) is 34.5 Å². The number of hydrogen-bond acceptors (Lipinski definition) is 5. The van der Waals surface area contributed by atoms with Gasteiger partial charge >= 0.3 is 6.01 Å². The smallest absolute Gasteiger partial charge is 0.318 e. The molecule has 0 saturated carbocycles. The second-order valence-electron chi connectivity index (χ2n) is 3.64. The van der Waals surface area contributed by atoms with E-state index in [9.17, 15) is 5.11 Å². The monoisotopic (exact) mass is 231 g/mol. The van der Waals surface area contributed by atoms with E-state index in [4.69, 9.17) is 16.0 Å². The molecule has 1 N–H and O–H groups in total. The van der Waals surface area contributed by atoms with Gasteiger partial charge in [0.2, 0.25) is 5.89 Å². The Kier molecular flexibility index (Phi) is 3.43. The Morgan fingerprint density at radius 2 is 2.33 bits per heavy atom. The van der Waals surface area contributed by atoms with Gasteiger partial charge < -0.3 is 14.4 Å². The molecule has 1 atom stereocenters. The second-order valence-corrected chi connectivity index (χ2v) is 3.90. The zero-order chi connectivity index (χ0) is 10.7. The minimum absolute atomic E-state index is 0.0994. The predicted molar refractivity (Wildman–Crippen MR) is 55.9 cm³/mol. The fourth-order valence-corrected chi connectivity index (χ4v) is 1.97. The van der Waals surface area contributed by atoms with Crippen LogP contribution in [0.4, 0.5) is 6.01 Å². The number of anilines is 1. The van der Waals surface area contributed by atoms with Crippen molar-refractivity contribution in [2.45, 2.75) is 31.2 Å². The summed E-state index contributed by atoms with van der Waals surface area (Å²) in [5.41, 5.74) is 0. The fraction of sp³-hybridized carbons (Fsp3) is 0.778. The van der Waals surface area contributed by atoms with Crippen LogP contribution >= 0.6 is 11.6 Å². The maximum Gasteiger partial charge on any atom is 0.318 e. The molecule has 0 aromatic carbocycles. The number of aliphatic hydroxyl groups is 1. The first-order valence-corrected chi connectivity index (χ1v) is 5.64. The van der Waals surface area contributed by atoms with Gasteiger partial charge in [-0.25, -0.2) is 0 Å². The van der Waals surface area contributed by atoms with Crippen molar-refractivity contribution in [3.05, 3.63) is 5.89 Å². The van der Waals surface area contributed by atoms with Gasteiger partial charge in [-0.15, -0.1) is 16.7 Å². The highest BCUT2D eigenvalue weighted by Crippen LogP contribution is 2.23. The number of aliphatic hydroxyl groups excluding tert-OH is 1. The van der Waals surface area contributed by atoms with Crippen molar-refractivity contribution >= 4 is 17.6 Å². The van der Waals surface area contributed by atoms with Crippen molar-refractivity contribution in [1.29, 1.82) is 0 Å². The van der Waals surface area contributed by atoms with E-state index in [1.54, 1.807) is 0 Å². The van der Waals surface area contributed by atoms with Gasteiger partial charge in [-0.05, 0) is 19.3 Å². The second kappa shape index (κ2) is 4.81. The molecule has 0 aliphatic carbocycles. The van der Waals surface area contributed by atoms with Crippen molar-refractivity contribution in [3.63, 3.8) is 0 Å². The highest BCUT2D eigenvalue weighted by Gasteiger charge is 2.25. The maximum atomic E-state index is 9.23. The molecular weight excluding hydrogens is 218 g/mol. The standard InChI is InChI=1S/C9H14ClN3O2/c10-5-8-11-12-9(15-8)13-4-2-1-3-7(13)6-14/h7,14H,1-6H2. The van der Waals surface area contributed by atoms with E-state index in [0.717, 1.165) is 25.8 Å². The van der Waals surface area contributed by atoms with Gasteiger partial charge in [-0.3, -0.25) is 0 Å². The molecular formula is C9H14ClN3O2. The summed E-state index contributed by atoms with van der Waals surface area (Å²) in [4.78, 5) is 1.96. The van der Waals surface area contributed by atoms with Gasteiger partial charge in [0.05, 0.1) is 12.6 Å². The minimum atomic E-state index is 0.0994. The van der Waals surface area contributed by atoms with Crippen LogP contribution in [0.25, 0.3) is 0 Å². The fourth-order valence-electron chi connectivity index (χ4n) is 1.86. The summed E-state index contributed by atoms with van der Waals surface area (Å²) >= 11 is 5.59. The number of piperidine rings is 1. The van der Waals surface area contributed by atoms with E-state index in [0.29, 0.717) is 11.9 Å². The van der Waals surface area contributed by atoms with Crippen LogP contribution in [0.3, 0.4) is 0 Å². The molecule has 1 aromatic heterocycles. The summed E-state index contributed by atoms with van der Waals surface area (Å²) in [6.07, 6.45) is 3.20. The molecule has 1 unspecified atom stereocenters. The zero-order valence-electron chi connectivity index (χ0n) is 8.40. The molecule has 1 aliphatic rings. The van der Waals surface area contributed by atoms with Gasteiger partial charge in [0.15, 0.2) is 0 Å². The molecule has 1 fully saturated rings. The van der Waals surface area contributed by atoms with E-state index >= 15 is 0 Å². The Morgan fingerprint density at radius 3 is 3.00 bits per heavy atom. The number of aromatic nitrogens is 2. The normalized spacial score (nSPS) is 22.0. The quantitative estimate of drug-likeness (QED) is 0.791. The van der Waals surface area contributed by atoms with Crippen LogP contribution in [0.1, 0.15) is 25.2 Å². The summed E-state index contributed by atoms with van der Waals surface area (Å²) in [5, 5.41) is 17.0. The number of nitrogens with zero attached hydrogens (tertiary/aromatic N) is 3. The Balaban J connectivity index is 2.12. The SMILES string of the molecule is OCC1CCCCN1c1nnc(CCl)o1. The number of halogens is 1. The highest BCUT2D eigenvalue weighted by atomic mass is 35.5. The topological polar surface area (TPSA) is 62.4 Å². The summed E-state index contributed by atoms with van der Waals surface area (Å²) in [7, 11) is 0. The van der Waals surface area contributed by atoms with Crippen LogP contribution in [-0.2, 0) is 5.88 Å². The van der Waals surface area contributed by atoms with Crippen molar-refractivity contribution in [1.82, 2.24) is 10.2 Å². The third-order valence-corrected chi connectivity index (χ3v) is 2.88. The van der Waals surface area contributed by atoms with E-state index in [-0.39, 0.29) is 18.5 Å². The lowest BCUT2D eigenvalue weighted by atomic mass is 10.0. The van der Waals surface area contributed by atoms with Crippen LogP contribution in [0.15, 0.2) is 4.42 Å². The number of hydrogen-bond donors (Lipinski definition) is 1. The lowest BCUT2D eigenvalue weighted by molar-refractivity contribution is 0.234. The molecule has 0 spiro atoms. The third kappa shape index (κ3) is 2.23. The molecule has 0 bridgehead atoms. The third-order valence-electron chi connectivity index (χ3n) is 2.65. The van der Waals surface area contributed by atoms with Gasteiger partial charge in [0.25, 0.3) is 0 Å². The molecule has 2 heterocycles. The average molecular weight is 232 g/mol. The average Bonchev–Trinajstić information content (AvgIpc) is 2.77. The van der Waals surface area contributed by atoms with Crippen molar-refractivity contribution in [2.75, 3.05) is 18.1 Å². The molecule has 5 nitrogen and oxygen atoms in total. The minimum Gasteiger partial charge on any atom is -0.407 e. The van der Waals surface area contributed by atoms with Crippen LogP contribution in [0.2, 0.25) is 0 Å². The molecule has 0 radical (unpaired) electrons. The summed E-state index contributed by atoms with van der Waals surface area (Å²) in [5.74, 6) is 0.652. The maximum absolute atomic E-state index is 9.23. The van der Waals surface area contributed by atoms with Gasteiger partial charge in [-0.2, -0.15) is 0 Å². The van der Waals surface area contributed by atoms with Crippen molar-refractivity contribution < 1.29 is 9.52 Å². The largest absolute Gasteiger partial charge is 0.407 e. The van der Waals surface area contributed by atoms with E-state index in [1.165, 1.54) is 0 Å². The first-order valence-electron chi connectivity index (χ1n) is 5.11. The van der Waals surface area contributed by atoms with Crippen molar-refractivity contribution in [3.8, 4) is 0 Å². The molecule has 1 saturated heterocycles. The van der Waals surface area contributed by atoms with Crippen molar-refractivity contribution in [2.24, 2.45) is 0 Å². The summed E-state index contributed by atoms with van der Waals surface area (Å²) < 4.78 is 5.36. The first kappa shape index (κ1) is 10.7. The number of alkyl halides is 1. The highest BCUT2D eigenvalue weighted by molar-refractivity contribution is 6.16. The van der Waals surface area contributed by atoms with Crippen LogP contribution in [0, 0.1) is 0 Å². The van der Waals surface area contributed by atoms with Gasteiger partial charge in [0.1, 0.15) is 5.88 Å². The molecule has 1 aromatic rings. The summed E-state index contributed by atoms with van der Waals surface area (Å²) in [6.45, 7) is 0.980. The Hall–Kier alpha value is -0.810. The molecule has 1 aliphatic heterocycles. The molecule has 15 heavy (non-hydrogen) atoms. The number of rotatable bonds is 3. The zero-order valence-corrected chi connectivity index (χ0v) is 9.15. The first-order chi connectivity index (χ1) is 7.35. The van der Waals surface area contributed by atoms with Crippen LogP contribution < -0.4 is 4.90 Å². The predicted octanol–water partition coefficient (Wildman–Crippen LogP) is 1.16. The van der Waals surface area contributed by atoms with Crippen LogP contribution in [0.5, 0.6) is 0 Å². The molecule has 2 rings (SSSR count). The Bertz CT molecular complexity index is 318. The van der Waals surface area contributed by atoms with Gasteiger partial charge in [0, 0.05) is 6.54 Å². The van der Waals surface area contributed by atoms with Gasteiger partial charge in [-0.1, -0.05) is 5.10 Å². The lowest BCUT2D eigenvalue weighted by Gasteiger charge is -2.32. The molecule has 84 valence electrons. The Labute approximate surface area is 93.0 Å². The molecule has 0 amide bonds. The summed E-state index contributed by atoms with van der Waals surface area (Å²) in [6, 6.07) is 0.576.